The molecule has 0 aliphatic carbocycles. The van der Waals surface area contributed by atoms with Gasteiger partial charge in [-0.25, -0.2) is 9.37 Å². The van der Waals surface area contributed by atoms with Crippen molar-refractivity contribution in [1.82, 2.24) is 14.8 Å². The van der Waals surface area contributed by atoms with Crippen LogP contribution in [0.15, 0.2) is 36.4 Å². The maximum Gasteiger partial charge on any atom is 0.236 e. The molecule has 0 unspecified atom stereocenters. The largest absolute Gasteiger partial charge is 0.495 e. The van der Waals surface area contributed by atoms with Crippen LogP contribution in [0.5, 0.6) is 5.75 Å². The maximum atomic E-state index is 13.7. The summed E-state index contributed by atoms with van der Waals surface area (Å²) in [6.45, 7) is 6.52. The molecule has 3 aromatic rings. The number of carbonyl (C=O) groups is 1. The third-order valence-electron chi connectivity index (χ3n) is 6.23. The number of nitrogens with zero attached hydrogens (tertiary/aromatic N) is 4. The molecule has 10 heteroatoms. The third-order valence-corrected chi connectivity index (χ3v) is 7.19. The van der Waals surface area contributed by atoms with Crippen molar-refractivity contribution < 1.29 is 18.7 Å². The first kappa shape index (κ1) is 22.8. The molecule has 2 fully saturated rings. The van der Waals surface area contributed by atoms with Gasteiger partial charge in [0.2, 0.25) is 5.91 Å². The maximum absolute atomic E-state index is 13.7. The van der Waals surface area contributed by atoms with Crippen molar-refractivity contribution >= 4 is 44.0 Å². The van der Waals surface area contributed by atoms with Gasteiger partial charge < -0.3 is 24.6 Å². The molecule has 2 aliphatic heterocycles. The van der Waals surface area contributed by atoms with E-state index in [-0.39, 0.29) is 11.7 Å². The quantitative estimate of drug-likeness (QED) is 0.575. The fraction of sp³-hybridized carbons (Fsp3) is 0.417. The zero-order chi connectivity index (χ0) is 23.5. The average molecular weight is 486 g/mol. The fourth-order valence-electron chi connectivity index (χ4n) is 4.33. The Bertz CT molecular complexity index is 1160. The monoisotopic (exact) mass is 485 g/mol. The summed E-state index contributed by atoms with van der Waals surface area (Å²) < 4.78 is 25.4. The standard InChI is InChI=1S/C24H28FN5O3S/c1-32-21-4-2-17(25)14-19(21)26-24-27-20-15-18(3-5-22(20)34-24)29-8-6-28(7-9-29)16-23(31)30-10-12-33-13-11-30/h2-5,14-15H,6-13,16H2,1H3,(H,26,27). The fourth-order valence-corrected chi connectivity index (χ4v) is 5.19. The highest BCUT2D eigenvalue weighted by atomic mass is 32.1. The van der Waals surface area contributed by atoms with Crippen LogP contribution >= 0.6 is 11.3 Å². The molecule has 1 N–H and O–H groups in total. The van der Waals surface area contributed by atoms with Gasteiger partial charge in [0.05, 0.1) is 42.8 Å². The smallest absolute Gasteiger partial charge is 0.236 e. The molecule has 0 atom stereocenters. The predicted molar refractivity (Wildman–Crippen MR) is 132 cm³/mol. The highest BCUT2D eigenvalue weighted by Crippen LogP contribution is 2.34. The number of hydrogen-bond donors (Lipinski definition) is 1. The van der Waals surface area contributed by atoms with Crippen LogP contribution in [0, 0.1) is 5.82 Å². The first-order valence-corrected chi connectivity index (χ1v) is 12.2. The van der Waals surface area contributed by atoms with E-state index in [0.717, 1.165) is 42.1 Å². The summed E-state index contributed by atoms with van der Waals surface area (Å²) in [4.78, 5) is 23.7. The van der Waals surface area contributed by atoms with E-state index in [1.807, 2.05) is 4.90 Å². The van der Waals surface area contributed by atoms with Gasteiger partial charge in [-0.05, 0) is 30.3 Å². The second-order valence-electron chi connectivity index (χ2n) is 8.40. The van der Waals surface area contributed by atoms with Gasteiger partial charge >= 0.3 is 0 Å². The molecule has 1 amide bonds. The number of nitrogens with one attached hydrogen (secondary N) is 1. The van der Waals surface area contributed by atoms with Crippen LogP contribution in [0.25, 0.3) is 10.2 Å². The number of piperazine rings is 1. The lowest BCUT2D eigenvalue weighted by molar-refractivity contribution is -0.136. The van der Waals surface area contributed by atoms with E-state index >= 15 is 0 Å². The minimum atomic E-state index is -0.336. The van der Waals surface area contributed by atoms with E-state index in [1.54, 1.807) is 13.2 Å². The Morgan fingerprint density at radius 3 is 2.68 bits per heavy atom. The van der Waals surface area contributed by atoms with Crippen molar-refractivity contribution in [2.75, 3.05) is 76.4 Å². The number of amides is 1. The van der Waals surface area contributed by atoms with Gasteiger partial charge in [0.25, 0.3) is 0 Å². The van der Waals surface area contributed by atoms with Crippen molar-refractivity contribution in [3.05, 3.63) is 42.2 Å². The first-order chi connectivity index (χ1) is 16.6. The molecule has 5 rings (SSSR count). The second-order valence-corrected chi connectivity index (χ2v) is 9.43. The average Bonchev–Trinajstić information content (AvgIpc) is 3.27. The summed E-state index contributed by atoms with van der Waals surface area (Å²) in [5.74, 6) is 0.416. The normalized spacial score (nSPS) is 17.2. The van der Waals surface area contributed by atoms with E-state index in [4.69, 9.17) is 14.5 Å². The van der Waals surface area contributed by atoms with E-state index < -0.39 is 0 Å². The van der Waals surface area contributed by atoms with Crippen molar-refractivity contribution in [3.63, 3.8) is 0 Å². The lowest BCUT2D eigenvalue weighted by Crippen LogP contribution is -2.51. The number of benzene rings is 2. The van der Waals surface area contributed by atoms with E-state index in [0.29, 0.717) is 49.4 Å². The SMILES string of the molecule is COc1ccc(F)cc1Nc1nc2cc(N3CCN(CC(=O)N4CCOCC4)CC3)ccc2s1. The van der Waals surface area contributed by atoms with Crippen LogP contribution in [0.1, 0.15) is 0 Å². The third kappa shape index (κ3) is 5.08. The molecule has 0 saturated carbocycles. The molecule has 2 aromatic carbocycles. The molecule has 0 spiro atoms. The molecular formula is C24H28FN5O3S. The van der Waals surface area contributed by atoms with Crippen LogP contribution in [-0.4, -0.2) is 86.8 Å². The van der Waals surface area contributed by atoms with Crippen molar-refractivity contribution in [1.29, 1.82) is 0 Å². The van der Waals surface area contributed by atoms with Gasteiger partial charge in [-0.1, -0.05) is 11.3 Å². The Kier molecular flexibility index (Phi) is 6.80. The zero-order valence-electron chi connectivity index (χ0n) is 19.1. The Hall–Kier alpha value is -2.95. The summed E-state index contributed by atoms with van der Waals surface area (Å²) in [5.41, 5.74) is 2.56. The molecule has 180 valence electrons. The summed E-state index contributed by atoms with van der Waals surface area (Å²) in [7, 11) is 1.56. The van der Waals surface area contributed by atoms with Crippen LogP contribution in [0.3, 0.4) is 0 Å². The number of thiazole rings is 1. The van der Waals surface area contributed by atoms with Crippen LogP contribution in [0.2, 0.25) is 0 Å². The van der Waals surface area contributed by atoms with Crippen molar-refractivity contribution in [3.8, 4) is 5.75 Å². The van der Waals surface area contributed by atoms with Crippen LogP contribution in [0.4, 0.5) is 20.9 Å². The highest BCUT2D eigenvalue weighted by Gasteiger charge is 2.23. The number of aromatic nitrogens is 1. The highest BCUT2D eigenvalue weighted by molar-refractivity contribution is 7.22. The number of ether oxygens (including phenoxy) is 2. The Morgan fingerprint density at radius 2 is 1.91 bits per heavy atom. The molecule has 2 aliphatic rings. The summed E-state index contributed by atoms with van der Waals surface area (Å²) in [5, 5.41) is 3.86. The minimum absolute atomic E-state index is 0.190. The van der Waals surface area contributed by atoms with Gasteiger partial charge in [-0.3, -0.25) is 9.69 Å². The van der Waals surface area contributed by atoms with E-state index in [9.17, 15) is 9.18 Å². The number of fused-ring (bicyclic) bond motifs is 1. The Balaban J connectivity index is 1.21. The molecule has 1 aromatic heterocycles. The Labute approximate surface area is 201 Å². The van der Waals surface area contributed by atoms with E-state index in [2.05, 4.69) is 33.3 Å². The first-order valence-electron chi connectivity index (χ1n) is 11.4. The molecule has 3 heterocycles. The lowest BCUT2D eigenvalue weighted by Gasteiger charge is -2.37. The number of rotatable bonds is 6. The summed E-state index contributed by atoms with van der Waals surface area (Å²) >= 11 is 1.52. The van der Waals surface area contributed by atoms with E-state index in [1.165, 1.54) is 23.5 Å². The molecular weight excluding hydrogens is 457 g/mol. The predicted octanol–water partition coefficient (Wildman–Crippen LogP) is 3.17. The van der Waals surface area contributed by atoms with Crippen LogP contribution < -0.4 is 15.0 Å². The van der Waals surface area contributed by atoms with Gasteiger partial charge in [-0.15, -0.1) is 0 Å². The second kappa shape index (κ2) is 10.1. The molecule has 34 heavy (non-hydrogen) atoms. The van der Waals surface area contributed by atoms with Gasteiger partial charge in [0.1, 0.15) is 11.6 Å². The zero-order valence-corrected chi connectivity index (χ0v) is 19.9. The topological polar surface area (TPSA) is 70.2 Å². The lowest BCUT2D eigenvalue weighted by atomic mass is 10.2. The molecule has 0 radical (unpaired) electrons. The number of methoxy groups -OCH3 is 1. The number of halogens is 1. The van der Waals surface area contributed by atoms with Crippen LogP contribution in [-0.2, 0) is 9.53 Å². The van der Waals surface area contributed by atoms with Crippen molar-refractivity contribution in [2.45, 2.75) is 0 Å². The Morgan fingerprint density at radius 1 is 1.12 bits per heavy atom. The molecule has 0 bridgehead atoms. The van der Waals surface area contributed by atoms with Gasteiger partial charge in [-0.2, -0.15) is 0 Å². The minimum Gasteiger partial charge on any atom is -0.495 e. The number of morpholine rings is 1. The van der Waals surface area contributed by atoms with Gasteiger partial charge in [0.15, 0.2) is 5.13 Å². The van der Waals surface area contributed by atoms with Crippen molar-refractivity contribution in [2.24, 2.45) is 0 Å². The molecule has 8 nitrogen and oxygen atoms in total. The summed E-state index contributed by atoms with van der Waals surface area (Å²) in [6, 6.07) is 10.6. The number of carbonyl (C=O) groups excluding carboxylic acids is 1. The van der Waals surface area contributed by atoms with Gasteiger partial charge in [0, 0.05) is 51.0 Å². The molecule has 2 saturated heterocycles. The number of anilines is 3. The number of hydrogen-bond acceptors (Lipinski definition) is 8. The summed E-state index contributed by atoms with van der Waals surface area (Å²) in [6.07, 6.45) is 0.